The molecule has 0 spiro atoms. The van der Waals surface area contributed by atoms with Gasteiger partial charge in [-0.3, -0.25) is 9.59 Å². The smallest absolute Gasteiger partial charge is 0.305 e. The van der Waals surface area contributed by atoms with Crippen molar-refractivity contribution < 1.29 is 23.5 Å². The molecule has 0 saturated heterocycles. The molecule has 1 aromatic rings. The second kappa shape index (κ2) is 8.73. The van der Waals surface area contributed by atoms with Gasteiger partial charge in [0.15, 0.2) is 11.6 Å². The van der Waals surface area contributed by atoms with Crippen molar-refractivity contribution in [1.29, 1.82) is 0 Å². The molecule has 0 atom stereocenters. The van der Waals surface area contributed by atoms with E-state index >= 15 is 0 Å². The van der Waals surface area contributed by atoms with Gasteiger partial charge in [0.05, 0.1) is 12.2 Å². The number of carboxylic acids is 1. The van der Waals surface area contributed by atoms with Gasteiger partial charge in [-0.1, -0.05) is 13.8 Å². The first kappa shape index (κ1) is 18.4. The Morgan fingerprint density at radius 1 is 1.27 bits per heavy atom. The average Bonchev–Trinajstić information content (AvgIpc) is 2.43. The van der Waals surface area contributed by atoms with Crippen molar-refractivity contribution in [3.8, 4) is 0 Å². The maximum Gasteiger partial charge on any atom is 0.305 e. The van der Waals surface area contributed by atoms with Crippen LogP contribution in [0.25, 0.3) is 0 Å². The van der Waals surface area contributed by atoms with Crippen molar-refractivity contribution in [3.05, 3.63) is 29.8 Å². The fraction of sp³-hybridized carbons (Fsp3) is 0.467. The van der Waals surface area contributed by atoms with Crippen LogP contribution in [0.1, 0.15) is 20.3 Å². The molecule has 1 N–H and O–H groups in total. The molecular formula is C15H19F2NO3S. The van der Waals surface area contributed by atoms with Crippen molar-refractivity contribution in [2.75, 3.05) is 18.8 Å². The summed E-state index contributed by atoms with van der Waals surface area (Å²) in [5, 5.41) is 8.72. The van der Waals surface area contributed by atoms with E-state index in [0.717, 1.165) is 23.9 Å². The molecular weight excluding hydrogens is 312 g/mol. The lowest BCUT2D eigenvalue weighted by Gasteiger charge is -2.23. The Morgan fingerprint density at radius 2 is 1.95 bits per heavy atom. The zero-order chi connectivity index (χ0) is 16.7. The Hall–Kier alpha value is -1.63. The first-order valence-electron chi connectivity index (χ1n) is 6.87. The number of hydrogen-bond acceptors (Lipinski definition) is 3. The summed E-state index contributed by atoms with van der Waals surface area (Å²) in [7, 11) is 0. The Balaban J connectivity index is 2.61. The molecule has 0 fully saturated rings. The summed E-state index contributed by atoms with van der Waals surface area (Å²) in [5.41, 5.74) is 0. The lowest BCUT2D eigenvalue weighted by atomic mass is 10.2. The number of nitrogens with zero attached hydrogens (tertiary/aromatic N) is 1. The molecule has 1 rings (SSSR count). The van der Waals surface area contributed by atoms with Gasteiger partial charge >= 0.3 is 5.97 Å². The van der Waals surface area contributed by atoms with Gasteiger partial charge in [-0.2, -0.15) is 0 Å². The van der Waals surface area contributed by atoms with Crippen LogP contribution in [0.4, 0.5) is 8.78 Å². The van der Waals surface area contributed by atoms with Crippen LogP contribution in [0, 0.1) is 17.6 Å². The van der Waals surface area contributed by atoms with Crippen LogP contribution in [-0.4, -0.2) is 40.7 Å². The highest BCUT2D eigenvalue weighted by Gasteiger charge is 2.16. The molecule has 0 aliphatic heterocycles. The number of halogens is 2. The predicted molar refractivity (Wildman–Crippen MR) is 80.8 cm³/mol. The first-order valence-corrected chi connectivity index (χ1v) is 7.85. The number of carbonyl (C=O) groups is 2. The Labute approximate surface area is 132 Å². The van der Waals surface area contributed by atoms with Crippen LogP contribution in [0.3, 0.4) is 0 Å². The molecule has 0 aliphatic rings. The van der Waals surface area contributed by atoms with Gasteiger partial charge in [0.1, 0.15) is 0 Å². The topological polar surface area (TPSA) is 57.6 Å². The first-order chi connectivity index (χ1) is 10.3. The van der Waals surface area contributed by atoms with Crippen LogP contribution in [0.2, 0.25) is 0 Å². The Kier molecular flexibility index (Phi) is 7.31. The van der Waals surface area contributed by atoms with E-state index in [2.05, 4.69) is 0 Å². The van der Waals surface area contributed by atoms with Crippen LogP contribution in [0.5, 0.6) is 0 Å². The molecule has 122 valence electrons. The van der Waals surface area contributed by atoms with Gasteiger partial charge in [-0.05, 0) is 24.1 Å². The number of benzene rings is 1. The van der Waals surface area contributed by atoms with E-state index in [-0.39, 0.29) is 30.5 Å². The largest absolute Gasteiger partial charge is 0.481 e. The quantitative estimate of drug-likeness (QED) is 0.744. The van der Waals surface area contributed by atoms with Crippen LogP contribution >= 0.6 is 11.8 Å². The molecule has 1 aromatic carbocycles. The summed E-state index contributed by atoms with van der Waals surface area (Å²) in [6, 6.07) is 3.45. The van der Waals surface area contributed by atoms with Crippen LogP contribution in [-0.2, 0) is 9.59 Å². The van der Waals surface area contributed by atoms with E-state index in [1.807, 2.05) is 13.8 Å². The minimum absolute atomic E-state index is 0.0530. The maximum atomic E-state index is 13.1. The van der Waals surface area contributed by atoms with E-state index < -0.39 is 17.6 Å². The lowest BCUT2D eigenvalue weighted by Crippen LogP contribution is -2.37. The highest BCUT2D eigenvalue weighted by atomic mass is 32.2. The number of hydrogen-bond donors (Lipinski definition) is 1. The van der Waals surface area contributed by atoms with Crippen molar-refractivity contribution in [2.24, 2.45) is 5.92 Å². The van der Waals surface area contributed by atoms with Crippen LogP contribution in [0.15, 0.2) is 23.1 Å². The molecule has 0 aromatic heterocycles. The van der Waals surface area contributed by atoms with E-state index in [0.29, 0.717) is 11.4 Å². The molecule has 7 heteroatoms. The van der Waals surface area contributed by atoms with Crippen molar-refractivity contribution in [3.63, 3.8) is 0 Å². The summed E-state index contributed by atoms with van der Waals surface area (Å²) in [6.45, 7) is 4.47. The maximum absolute atomic E-state index is 13.1. The van der Waals surface area contributed by atoms with Gasteiger partial charge in [0, 0.05) is 18.0 Å². The zero-order valence-electron chi connectivity index (χ0n) is 12.5. The normalized spacial score (nSPS) is 10.8. The van der Waals surface area contributed by atoms with Gasteiger partial charge in [0.2, 0.25) is 5.91 Å². The molecule has 0 heterocycles. The standard InChI is InChI=1S/C15H19F2NO3S/c1-10(2)8-18(6-5-15(20)21)14(19)9-22-11-3-4-12(16)13(17)7-11/h3-4,7,10H,5-6,8-9H2,1-2H3,(H,20,21). The summed E-state index contributed by atoms with van der Waals surface area (Å²) in [6.07, 6.45) is -0.117. The summed E-state index contributed by atoms with van der Waals surface area (Å²) >= 11 is 1.10. The zero-order valence-corrected chi connectivity index (χ0v) is 13.3. The molecule has 4 nitrogen and oxygen atoms in total. The Bertz CT molecular complexity index is 538. The third-order valence-corrected chi connectivity index (χ3v) is 3.77. The molecule has 0 radical (unpaired) electrons. The van der Waals surface area contributed by atoms with Gasteiger partial charge in [-0.25, -0.2) is 8.78 Å². The summed E-state index contributed by atoms with van der Waals surface area (Å²) in [5.74, 6) is -2.80. The number of rotatable bonds is 8. The molecule has 0 unspecified atom stereocenters. The highest BCUT2D eigenvalue weighted by Crippen LogP contribution is 2.21. The summed E-state index contributed by atoms with van der Waals surface area (Å²) < 4.78 is 25.9. The van der Waals surface area contributed by atoms with Crippen LogP contribution < -0.4 is 0 Å². The number of thioether (sulfide) groups is 1. The minimum atomic E-state index is -0.963. The monoisotopic (exact) mass is 331 g/mol. The van der Waals surface area contributed by atoms with E-state index in [1.54, 1.807) is 0 Å². The number of amides is 1. The van der Waals surface area contributed by atoms with Gasteiger partial charge in [-0.15, -0.1) is 11.8 Å². The average molecular weight is 331 g/mol. The van der Waals surface area contributed by atoms with E-state index in [1.165, 1.54) is 11.0 Å². The van der Waals surface area contributed by atoms with E-state index in [9.17, 15) is 18.4 Å². The molecule has 22 heavy (non-hydrogen) atoms. The minimum Gasteiger partial charge on any atom is -0.481 e. The molecule has 0 saturated carbocycles. The number of aliphatic carboxylic acids is 1. The number of carbonyl (C=O) groups excluding carboxylic acids is 1. The lowest BCUT2D eigenvalue weighted by molar-refractivity contribution is -0.138. The SMILES string of the molecule is CC(C)CN(CCC(=O)O)C(=O)CSc1ccc(F)c(F)c1. The molecule has 1 amide bonds. The second-order valence-electron chi connectivity index (χ2n) is 5.24. The van der Waals surface area contributed by atoms with Gasteiger partial charge in [0.25, 0.3) is 0 Å². The van der Waals surface area contributed by atoms with Crippen molar-refractivity contribution in [2.45, 2.75) is 25.2 Å². The van der Waals surface area contributed by atoms with Gasteiger partial charge < -0.3 is 10.0 Å². The molecule has 0 aliphatic carbocycles. The fourth-order valence-electron chi connectivity index (χ4n) is 1.79. The van der Waals surface area contributed by atoms with Crippen molar-refractivity contribution in [1.82, 2.24) is 4.90 Å². The summed E-state index contributed by atoms with van der Waals surface area (Å²) in [4.78, 5) is 24.7. The predicted octanol–water partition coefficient (Wildman–Crippen LogP) is 3.02. The fourth-order valence-corrected chi connectivity index (χ4v) is 2.62. The third kappa shape index (κ3) is 6.43. The third-order valence-electron chi connectivity index (χ3n) is 2.79. The Morgan fingerprint density at radius 3 is 2.50 bits per heavy atom. The second-order valence-corrected chi connectivity index (χ2v) is 6.29. The van der Waals surface area contributed by atoms with Crippen molar-refractivity contribution >= 4 is 23.6 Å². The number of carboxylic acid groups (broad SMARTS) is 1. The van der Waals surface area contributed by atoms with E-state index in [4.69, 9.17) is 5.11 Å². The highest BCUT2D eigenvalue weighted by molar-refractivity contribution is 8.00. The molecule has 0 bridgehead atoms.